The Morgan fingerprint density at radius 3 is 2.20 bits per heavy atom. The zero-order valence-corrected chi connectivity index (χ0v) is 13.4. The summed E-state index contributed by atoms with van der Waals surface area (Å²) in [6.45, 7) is 0. The molecule has 0 aromatic heterocycles. The van der Waals surface area contributed by atoms with E-state index >= 15 is 0 Å². The highest BCUT2D eigenvalue weighted by Gasteiger charge is 2.31. The highest BCUT2D eigenvalue weighted by atomic mass is 19.1. The van der Waals surface area contributed by atoms with E-state index in [2.05, 4.69) is 5.10 Å². The number of anilines is 1. The van der Waals surface area contributed by atoms with Crippen molar-refractivity contribution in [3.8, 4) is 0 Å². The van der Waals surface area contributed by atoms with E-state index in [4.69, 9.17) is 0 Å². The zero-order chi connectivity index (χ0) is 17.2. The lowest BCUT2D eigenvalue weighted by Gasteiger charge is -2.24. The molecule has 0 fully saturated rings. The maximum absolute atomic E-state index is 14.4. The minimum atomic E-state index is -0.326. The first kappa shape index (κ1) is 15.5. The lowest BCUT2D eigenvalue weighted by molar-refractivity contribution is 0.603. The first-order chi connectivity index (χ1) is 12.2. The maximum Gasteiger partial charge on any atom is 0.148 e. The summed E-state index contributed by atoms with van der Waals surface area (Å²) in [6.07, 6.45) is 0.629. The Labute approximate surface area is 145 Å². The fraction of sp³-hybridized carbons (Fsp3) is 0.0952. The monoisotopic (exact) mass is 334 g/mol. The lowest BCUT2D eigenvalue weighted by atomic mass is 9.98. The molecule has 0 amide bonds. The van der Waals surface area contributed by atoms with Crippen LogP contribution >= 0.6 is 0 Å². The highest BCUT2D eigenvalue weighted by molar-refractivity contribution is 6.03. The molecule has 4 rings (SSSR count). The standard InChI is InChI=1S/C21H16F2N2/c22-17-12-10-16(11-13-17)21-14-19(15-6-2-1-3-7-15)24-25(21)20-9-5-4-8-18(20)23/h1-13,21H,14H2. The van der Waals surface area contributed by atoms with Crippen molar-refractivity contribution in [3.05, 3.63) is 102 Å². The van der Waals surface area contributed by atoms with E-state index in [1.54, 1.807) is 35.3 Å². The third-order valence-corrected chi connectivity index (χ3v) is 4.37. The second-order valence-corrected chi connectivity index (χ2v) is 5.98. The van der Waals surface area contributed by atoms with Crippen LogP contribution in [0.2, 0.25) is 0 Å². The van der Waals surface area contributed by atoms with Gasteiger partial charge in [-0.15, -0.1) is 0 Å². The minimum Gasteiger partial charge on any atom is -0.254 e. The van der Waals surface area contributed by atoms with Crippen LogP contribution in [0.4, 0.5) is 14.5 Å². The van der Waals surface area contributed by atoms with Crippen LogP contribution in [0.15, 0.2) is 84.0 Å². The molecule has 0 radical (unpaired) electrons. The molecule has 0 saturated carbocycles. The molecule has 25 heavy (non-hydrogen) atoms. The molecule has 3 aromatic rings. The van der Waals surface area contributed by atoms with Gasteiger partial charge in [0.1, 0.15) is 11.6 Å². The molecule has 0 saturated heterocycles. The van der Waals surface area contributed by atoms with E-state index in [0.717, 1.165) is 16.8 Å². The van der Waals surface area contributed by atoms with Gasteiger partial charge in [0, 0.05) is 6.42 Å². The molecule has 2 nitrogen and oxygen atoms in total. The normalized spacial score (nSPS) is 16.8. The second-order valence-electron chi connectivity index (χ2n) is 5.98. The average molecular weight is 334 g/mol. The number of para-hydroxylation sites is 1. The molecule has 1 aliphatic heterocycles. The molecule has 1 heterocycles. The van der Waals surface area contributed by atoms with Crippen molar-refractivity contribution >= 4 is 11.4 Å². The molecule has 0 aliphatic carbocycles. The van der Waals surface area contributed by atoms with E-state index in [9.17, 15) is 8.78 Å². The van der Waals surface area contributed by atoms with E-state index in [0.29, 0.717) is 12.1 Å². The fourth-order valence-electron chi connectivity index (χ4n) is 3.12. The van der Waals surface area contributed by atoms with Gasteiger partial charge in [-0.1, -0.05) is 54.6 Å². The van der Waals surface area contributed by atoms with Gasteiger partial charge in [-0.2, -0.15) is 5.10 Å². The fourth-order valence-corrected chi connectivity index (χ4v) is 3.12. The third kappa shape index (κ3) is 3.03. The minimum absolute atomic E-state index is 0.173. The Balaban J connectivity index is 1.78. The third-order valence-electron chi connectivity index (χ3n) is 4.37. The molecular weight excluding hydrogens is 318 g/mol. The molecule has 3 aromatic carbocycles. The summed E-state index contributed by atoms with van der Waals surface area (Å²) in [7, 11) is 0. The van der Waals surface area contributed by atoms with Gasteiger partial charge >= 0.3 is 0 Å². The van der Waals surface area contributed by atoms with Gasteiger partial charge in [0.25, 0.3) is 0 Å². The van der Waals surface area contributed by atoms with E-state index < -0.39 is 0 Å². The summed E-state index contributed by atoms with van der Waals surface area (Å²) in [5.74, 6) is -0.615. The van der Waals surface area contributed by atoms with Crippen LogP contribution in [0, 0.1) is 11.6 Å². The van der Waals surface area contributed by atoms with Crippen molar-refractivity contribution in [2.75, 3.05) is 5.01 Å². The Hall–Kier alpha value is -3.01. The molecule has 4 heteroatoms. The second kappa shape index (κ2) is 6.48. The van der Waals surface area contributed by atoms with Gasteiger partial charge in [-0.25, -0.2) is 8.78 Å². The number of rotatable bonds is 3. The Morgan fingerprint density at radius 2 is 1.48 bits per heavy atom. The van der Waals surface area contributed by atoms with Crippen molar-refractivity contribution in [2.45, 2.75) is 12.5 Å². The van der Waals surface area contributed by atoms with Crippen molar-refractivity contribution in [2.24, 2.45) is 5.10 Å². The molecule has 0 spiro atoms. The van der Waals surface area contributed by atoms with Crippen LogP contribution in [-0.2, 0) is 0 Å². The van der Waals surface area contributed by atoms with Crippen molar-refractivity contribution in [3.63, 3.8) is 0 Å². The summed E-state index contributed by atoms with van der Waals surface area (Å²) in [6, 6.07) is 22.6. The molecule has 1 aliphatic rings. The summed E-state index contributed by atoms with van der Waals surface area (Å²) >= 11 is 0. The number of hydrogen-bond acceptors (Lipinski definition) is 2. The maximum atomic E-state index is 14.4. The molecule has 0 bridgehead atoms. The lowest BCUT2D eigenvalue weighted by Crippen LogP contribution is -2.19. The van der Waals surface area contributed by atoms with E-state index in [1.807, 2.05) is 30.3 Å². The van der Waals surface area contributed by atoms with Crippen molar-refractivity contribution < 1.29 is 8.78 Å². The Kier molecular flexibility index (Phi) is 4.02. The van der Waals surface area contributed by atoms with E-state index in [-0.39, 0.29) is 17.7 Å². The number of benzene rings is 3. The predicted molar refractivity (Wildman–Crippen MR) is 95.6 cm³/mol. The van der Waals surface area contributed by atoms with Gasteiger partial charge < -0.3 is 0 Å². The smallest absolute Gasteiger partial charge is 0.148 e. The van der Waals surface area contributed by atoms with Crippen LogP contribution in [-0.4, -0.2) is 5.71 Å². The van der Waals surface area contributed by atoms with Crippen molar-refractivity contribution in [1.29, 1.82) is 0 Å². The van der Waals surface area contributed by atoms with Gasteiger partial charge in [0.15, 0.2) is 0 Å². The Morgan fingerprint density at radius 1 is 0.800 bits per heavy atom. The zero-order valence-electron chi connectivity index (χ0n) is 13.4. The number of halogens is 2. The molecule has 1 unspecified atom stereocenters. The quantitative estimate of drug-likeness (QED) is 0.633. The number of hydrogen-bond donors (Lipinski definition) is 0. The van der Waals surface area contributed by atoms with Crippen LogP contribution in [0.25, 0.3) is 0 Å². The summed E-state index contributed by atoms with van der Waals surface area (Å²) < 4.78 is 27.7. The first-order valence-corrected chi connectivity index (χ1v) is 8.14. The van der Waals surface area contributed by atoms with E-state index in [1.165, 1.54) is 18.2 Å². The predicted octanol–water partition coefficient (Wildman–Crippen LogP) is 5.32. The molecular formula is C21H16F2N2. The first-order valence-electron chi connectivity index (χ1n) is 8.14. The van der Waals surface area contributed by atoms with Crippen molar-refractivity contribution in [1.82, 2.24) is 0 Å². The summed E-state index contributed by atoms with van der Waals surface area (Å²) in [4.78, 5) is 0. The number of nitrogens with zero attached hydrogens (tertiary/aromatic N) is 2. The molecule has 1 atom stereocenters. The highest BCUT2D eigenvalue weighted by Crippen LogP contribution is 2.37. The summed E-state index contributed by atoms with van der Waals surface area (Å²) in [5.41, 5.74) is 3.22. The van der Waals surface area contributed by atoms with Crippen LogP contribution in [0.5, 0.6) is 0 Å². The Bertz CT molecular complexity index is 905. The topological polar surface area (TPSA) is 15.6 Å². The van der Waals surface area contributed by atoms with Crippen LogP contribution in [0.1, 0.15) is 23.6 Å². The van der Waals surface area contributed by atoms with Crippen LogP contribution < -0.4 is 5.01 Å². The molecule has 0 N–H and O–H groups in total. The molecule has 124 valence electrons. The average Bonchev–Trinajstić information content (AvgIpc) is 3.09. The summed E-state index contributed by atoms with van der Waals surface area (Å²) in [5, 5.41) is 6.39. The van der Waals surface area contributed by atoms with Gasteiger partial charge in [0.05, 0.1) is 17.4 Å². The van der Waals surface area contributed by atoms with Crippen LogP contribution in [0.3, 0.4) is 0 Å². The van der Waals surface area contributed by atoms with Gasteiger partial charge in [-0.3, -0.25) is 5.01 Å². The van der Waals surface area contributed by atoms with Gasteiger partial charge in [-0.05, 0) is 35.4 Å². The number of hydrazone groups is 1. The van der Waals surface area contributed by atoms with Gasteiger partial charge in [0.2, 0.25) is 0 Å². The SMILES string of the molecule is Fc1ccc(C2CC(c3ccccc3)=NN2c2ccccc2F)cc1. The largest absolute Gasteiger partial charge is 0.254 e.